The molecule has 2 rings (SSSR count). The zero-order valence-corrected chi connectivity index (χ0v) is 10.8. The summed E-state index contributed by atoms with van der Waals surface area (Å²) in [6.07, 6.45) is 13.4. The molecule has 0 N–H and O–H groups in total. The molecule has 0 radical (unpaired) electrons. The van der Waals surface area contributed by atoms with Gasteiger partial charge in [0.1, 0.15) is 0 Å². The molecule has 0 amide bonds. The molecule has 0 spiro atoms. The van der Waals surface area contributed by atoms with E-state index in [1.807, 2.05) is 0 Å². The average Bonchev–Trinajstić information content (AvgIpc) is 2.34. The first kappa shape index (κ1) is 12.9. The van der Waals surface area contributed by atoms with E-state index in [0.717, 1.165) is 25.8 Å². The molecular weight excluding hydrogens is 228 g/mol. The molecule has 1 aliphatic rings. The van der Waals surface area contributed by atoms with Crippen LogP contribution in [-0.2, 0) is 6.54 Å². The summed E-state index contributed by atoms with van der Waals surface area (Å²) in [7, 11) is 1.50. The Morgan fingerprint density at radius 1 is 1.39 bits per heavy atom. The number of ether oxygens (including phenoxy) is 1. The third kappa shape index (κ3) is 3.22. The van der Waals surface area contributed by atoms with Gasteiger partial charge in [0, 0.05) is 6.54 Å². The van der Waals surface area contributed by atoms with E-state index in [9.17, 15) is 4.79 Å². The molecule has 0 saturated carbocycles. The Morgan fingerprint density at radius 2 is 2.22 bits per heavy atom. The monoisotopic (exact) mass is 248 g/mol. The lowest BCUT2D eigenvalue weighted by molar-refractivity contribution is 0.357. The van der Waals surface area contributed by atoms with Gasteiger partial charge in [0.25, 0.3) is 5.56 Å². The maximum atomic E-state index is 12.0. The lowest BCUT2D eigenvalue weighted by atomic mass is 9.94. The van der Waals surface area contributed by atoms with Gasteiger partial charge in [0.05, 0.1) is 19.6 Å². The van der Waals surface area contributed by atoms with Crippen molar-refractivity contribution >= 4 is 0 Å². The minimum absolute atomic E-state index is 0.0786. The molecule has 4 heteroatoms. The highest BCUT2D eigenvalue weighted by molar-refractivity contribution is 5.11. The second kappa shape index (κ2) is 6.38. The van der Waals surface area contributed by atoms with Crippen LogP contribution in [0.2, 0.25) is 0 Å². The second-order valence-corrected chi connectivity index (χ2v) is 4.77. The van der Waals surface area contributed by atoms with Crippen LogP contribution in [0.15, 0.2) is 29.5 Å². The molecule has 0 bridgehead atoms. The fraction of sp³-hybridized carbons (Fsp3) is 0.571. The zero-order chi connectivity index (χ0) is 12.8. The summed E-state index contributed by atoms with van der Waals surface area (Å²) in [5.41, 5.74) is -0.0786. The molecule has 1 unspecified atom stereocenters. The van der Waals surface area contributed by atoms with Crippen LogP contribution in [0.4, 0.5) is 0 Å². The first-order valence-electron chi connectivity index (χ1n) is 6.54. The molecule has 0 fully saturated rings. The average molecular weight is 248 g/mol. The minimum atomic E-state index is -0.0786. The largest absolute Gasteiger partial charge is 0.490 e. The van der Waals surface area contributed by atoms with Gasteiger partial charge in [0.2, 0.25) is 5.75 Å². The topological polar surface area (TPSA) is 44.1 Å². The van der Waals surface area contributed by atoms with Gasteiger partial charge in [0.15, 0.2) is 0 Å². The Balaban J connectivity index is 2.08. The summed E-state index contributed by atoms with van der Waals surface area (Å²) in [5, 5.41) is 0. The number of aromatic nitrogens is 2. The summed E-state index contributed by atoms with van der Waals surface area (Å²) >= 11 is 0. The van der Waals surface area contributed by atoms with E-state index < -0.39 is 0 Å². The molecular formula is C14H20N2O2. The SMILES string of the molecule is COc1cncn(CC2CCC=CCCC2)c1=O. The van der Waals surface area contributed by atoms with Crippen LogP contribution in [0.5, 0.6) is 5.75 Å². The normalized spacial score (nSPS) is 20.2. The van der Waals surface area contributed by atoms with Gasteiger partial charge in [-0.15, -0.1) is 0 Å². The minimum Gasteiger partial charge on any atom is -0.490 e. The number of nitrogens with zero attached hydrogens (tertiary/aromatic N) is 2. The maximum Gasteiger partial charge on any atom is 0.295 e. The molecule has 1 aromatic heterocycles. The Bertz CT molecular complexity index is 465. The second-order valence-electron chi connectivity index (χ2n) is 4.77. The first-order chi connectivity index (χ1) is 8.81. The number of methoxy groups -OCH3 is 1. The molecule has 0 saturated heterocycles. The van der Waals surface area contributed by atoms with E-state index in [2.05, 4.69) is 17.1 Å². The van der Waals surface area contributed by atoms with E-state index in [-0.39, 0.29) is 5.56 Å². The van der Waals surface area contributed by atoms with Crippen molar-refractivity contribution in [1.29, 1.82) is 0 Å². The van der Waals surface area contributed by atoms with Gasteiger partial charge in [-0.1, -0.05) is 12.2 Å². The van der Waals surface area contributed by atoms with Crippen molar-refractivity contribution < 1.29 is 4.74 Å². The molecule has 1 heterocycles. The van der Waals surface area contributed by atoms with Crippen molar-refractivity contribution in [2.45, 2.75) is 38.6 Å². The third-order valence-electron chi connectivity index (χ3n) is 3.44. The summed E-state index contributed by atoms with van der Waals surface area (Å²) in [5.74, 6) is 0.879. The van der Waals surface area contributed by atoms with Crippen molar-refractivity contribution in [3.63, 3.8) is 0 Å². The molecule has 0 aliphatic heterocycles. The molecule has 1 aliphatic carbocycles. The predicted octanol–water partition coefficient (Wildman–Crippen LogP) is 2.39. The Labute approximate surface area is 107 Å². The van der Waals surface area contributed by atoms with Crippen LogP contribution >= 0.6 is 0 Å². The fourth-order valence-electron chi connectivity index (χ4n) is 2.40. The number of rotatable bonds is 3. The molecule has 4 nitrogen and oxygen atoms in total. The lowest BCUT2D eigenvalue weighted by Gasteiger charge is -2.18. The number of hydrogen-bond donors (Lipinski definition) is 0. The summed E-state index contributed by atoms with van der Waals surface area (Å²) in [6.45, 7) is 0.747. The highest BCUT2D eigenvalue weighted by atomic mass is 16.5. The number of allylic oxidation sites excluding steroid dienone is 2. The third-order valence-corrected chi connectivity index (χ3v) is 3.44. The predicted molar refractivity (Wildman–Crippen MR) is 70.8 cm³/mol. The van der Waals surface area contributed by atoms with Crippen molar-refractivity contribution in [3.05, 3.63) is 35.0 Å². The Kier molecular flexibility index (Phi) is 4.56. The van der Waals surface area contributed by atoms with Crippen molar-refractivity contribution in [2.24, 2.45) is 5.92 Å². The van der Waals surface area contributed by atoms with E-state index in [1.165, 1.54) is 26.1 Å². The highest BCUT2D eigenvalue weighted by Crippen LogP contribution is 2.20. The fourth-order valence-corrected chi connectivity index (χ4v) is 2.40. The standard InChI is InChI=1S/C14H20N2O2/c1-18-13-9-15-11-16(14(13)17)10-12-7-5-3-2-4-6-8-12/h2-3,9,11-12H,4-8,10H2,1H3. The van der Waals surface area contributed by atoms with Crippen LogP contribution in [0.3, 0.4) is 0 Å². The number of hydrogen-bond acceptors (Lipinski definition) is 3. The van der Waals surface area contributed by atoms with Gasteiger partial charge in [-0.25, -0.2) is 4.98 Å². The quantitative estimate of drug-likeness (QED) is 0.771. The van der Waals surface area contributed by atoms with Crippen LogP contribution in [-0.4, -0.2) is 16.7 Å². The molecule has 0 aromatic carbocycles. The highest BCUT2D eigenvalue weighted by Gasteiger charge is 2.12. The van der Waals surface area contributed by atoms with Crippen LogP contribution in [0.25, 0.3) is 0 Å². The van der Waals surface area contributed by atoms with Crippen molar-refractivity contribution in [2.75, 3.05) is 7.11 Å². The zero-order valence-electron chi connectivity index (χ0n) is 10.8. The molecule has 98 valence electrons. The van der Waals surface area contributed by atoms with Gasteiger partial charge in [-0.05, 0) is 38.0 Å². The van der Waals surface area contributed by atoms with Crippen LogP contribution < -0.4 is 10.3 Å². The van der Waals surface area contributed by atoms with E-state index in [0.29, 0.717) is 11.7 Å². The lowest BCUT2D eigenvalue weighted by Crippen LogP contribution is -2.25. The van der Waals surface area contributed by atoms with Gasteiger partial charge < -0.3 is 4.74 Å². The van der Waals surface area contributed by atoms with Crippen LogP contribution in [0.1, 0.15) is 32.1 Å². The summed E-state index contributed by atoms with van der Waals surface area (Å²) in [4.78, 5) is 16.1. The van der Waals surface area contributed by atoms with Gasteiger partial charge in [-0.2, -0.15) is 0 Å². The van der Waals surface area contributed by atoms with Crippen LogP contribution in [0, 0.1) is 5.92 Å². The smallest absolute Gasteiger partial charge is 0.295 e. The maximum absolute atomic E-state index is 12.0. The Hall–Kier alpha value is -1.58. The first-order valence-corrected chi connectivity index (χ1v) is 6.54. The summed E-state index contributed by atoms with van der Waals surface area (Å²) in [6, 6.07) is 0. The molecule has 18 heavy (non-hydrogen) atoms. The molecule has 1 atom stereocenters. The van der Waals surface area contributed by atoms with E-state index in [4.69, 9.17) is 4.74 Å². The van der Waals surface area contributed by atoms with Crippen molar-refractivity contribution in [1.82, 2.24) is 9.55 Å². The summed E-state index contributed by atoms with van der Waals surface area (Å²) < 4.78 is 6.69. The van der Waals surface area contributed by atoms with Crippen molar-refractivity contribution in [3.8, 4) is 5.75 Å². The van der Waals surface area contributed by atoms with E-state index in [1.54, 1.807) is 10.9 Å². The van der Waals surface area contributed by atoms with Gasteiger partial charge >= 0.3 is 0 Å². The Morgan fingerprint density at radius 3 is 3.06 bits per heavy atom. The van der Waals surface area contributed by atoms with E-state index >= 15 is 0 Å². The molecule has 1 aromatic rings. The van der Waals surface area contributed by atoms with Gasteiger partial charge in [-0.3, -0.25) is 9.36 Å².